The smallest absolute Gasteiger partial charge is 0.245 e. The van der Waals surface area contributed by atoms with Crippen molar-refractivity contribution < 1.29 is 43.1 Å². The van der Waals surface area contributed by atoms with Crippen molar-refractivity contribution in [3.63, 3.8) is 0 Å². The Morgan fingerprint density at radius 1 is 0.875 bits per heavy atom. The summed E-state index contributed by atoms with van der Waals surface area (Å²) >= 11 is 0. The zero-order valence-electron chi connectivity index (χ0n) is 18.3. The van der Waals surface area contributed by atoms with E-state index in [0.29, 0.717) is 91.5 Å². The standard InChI is InChI=1S/C19H34N4O9/c24-3-2-23-15-18(21-22-23)17-32-14-13-31-12-11-30-10-9-29-8-7-28-6-5-27-4-1-20-19(26)16-25/h3,15,25H,1-2,4-14,16-17H2,(H,20,26). The SMILES string of the molecule is O=CCn1cc(COCCOCCOCCOCCOCCOCCNC(=O)CO)nn1. The molecule has 0 fully saturated rings. The lowest BCUT2D eigenvalue weighted by molar-refractivity contribution is -0.124. The number of aromatic nitrogens is 3. The van der Waals surface area contributed by atoms with Crippen molar-refractivity contribution in [1.82, 2.24) is 20.3 Å². The number of amides is 1. The van der Waals surface area contributed by atoms with Crippen LogP contribution in [-0.2, 0) is 51.2 Å². The Labute approximate surface area is 187 Å². The summed E-state index contributed by atoms with van der Waals surface area (Å²) in [7, 11) is 0. The van der Waals surface area contributed by atoms with Crippen LogP contribution in [0.4, 0.5) is 0 Å². The van der Waals surface area contributed by atoms with Crippen molar-refractivity contribution in [2.45, 2.75) is 13.2 Å². The molecule has 13 nitrogen and oxygen atoms in total. The number of carbonyl (C=O) groups excluding carboxylic acids is 2. The molecule has 1 amide bonds. The minimum absolute atomic E-state index is 0.182. The van der Waals surface area contributed by atoms with Gasteiger partial charge in [-0.05, 0) is 0 Å². The average Bonchev–Trinajstić information content (AvgIpc) is 3.25. The Kier molecular flexibility index (Phi) is 18.3. The number of aliphatic hydroxyl groups excluding tert-OH is 1. The van der Waals surface area contributed by atoms with Gasteiger partial charge in [-0.3, -0.25) is 4.79 Å². The lowest BCUT2D eigenvalue weighted by Gasteiger charge is -2.08. The predicted molar refractivity (Wildman–Crippen MR) is 110 cm³/mol. The van der Waals surface area contributed by atoms with Gasteiger partial charge in [-0.2, -0.15) is 0 Å². The van der Waals surface area contributed by atoms with Crippen molar-refractivity contribution >= 4 is 12.2 Å². The summed E-state index contributed by atoms with van der Waals surface area (Å²) in [6.07, 6.45) is 2.42. The molecular formula is C19H34N4O9. The molecule has 1 rings (SSSR count). The molecule has 0 atom stereocenters. The van der Waals surface area contributed by atoms with Crippen LogP contribution < -0.4 is 5.32 Å². The largest absolute Gasteiger partial charge is 0.387 e. The molecule has 32 heavy (non-hydrogen) atoms. The van der Waals surface area contributed by atoms with E-state index >= 15 is 0 Å². The molecule has 1 heterocycles. The summed E-state index contributed by atoms with van der Waals surface area (Å²) in [5.74, 6) is -0.420. The third-order valence-corrected chi connectivity index (χ3v) is 3.67. The maximum Gasteiger partial charge on any atom is 0.245 e. The van der Waals surface area contributed by atoms with Crippen LogP contribution in [0, 0.1) is 0 Å². The van der Waals surface area contributed by atoms with Crippen LogP contribution in [0.3, 0.4) is 0 Å². The molecule has 0 aromatic carbocycles. The topological polar surface area (TPSA) is 152 Å². The first-order chi connectivity index (χ1) is 15.8. The number of hydrogen-bond acceptors (Lipinski definition) is 11. The highest BCUT2D eigenvalue weighted by Crippen LogP contribution is 1.95. The predicted octanol–water partition coefficient (Wildman–Crippen LogP) is -1.81. The molecule has 2 N–H and O–H groups in total. The molecule has 13 heteroatoms. The number of hydrogen-bond donors (Lipinski definition) is 2. The molecule has 0 aliphatic heterocycles. The van der Waals surface area contributed by atoms with E-state index in [4.69, 9.17) is 33.5 Å². The average molecular weight is 463 g/mol. The molecule has 0 aliphatic carbocycles. The Morgan fingerprint density at radius 3 is 1.88 bits per heavy atom. The molecule has 0 bridgehead atoms. The van der Waals surface area contributed by atoms with Gasteiger partial charge in [0.25, 0.3) is 0 Å². The van der Waals surface area contributed by atoms with Gasteiger partial charge in [-0.15, -0.1) is 5.10 Å². The minimum Gasteiger partial charge on any atom is -0.387 e. The van der Waals surface area contributed by atoms with Gasteiger partial charge in [0.2, 0.25) is 5.91 Å². The highest BCUT2D eigenvalue weighted by Gasteiger charge is 2.00. The van der Waals surface area contributed by atoms with Crippen molar-refractivity contribution in [3.8, 4) is 0 Å². The number of ether oxygens (including phenoxy) is 6. The van der Waals surface area contributed by atoms with Gasteiger partial charge in [-0.1, -0.05) is 5.21 Å². The lowest BCUT2D eigenvalue weighted by Crippen LogP contribution is -2.29. The van der Waals surface area contributed by atoms with Crippen LogP contribution in [0.5, 0.6) is 0 Å². The molecule has 0 unspecified atom stereocenters. The fourth-order valence-corrected chi connectivity index (χ4v) is 2.17. The van der Waals surface area contributed by atoms with Crippen molar-refractivity contribution in [1.29, 1.82) is 0 Å². The third-order valence-electron chi connectivity index (χ3n) is 3.67. The molecule has 184 valence electrons. The summed E-state index contributed by atoms with van der Waals surface area (Å²) in [5, 5.41) is 18.7. The van der Waals surface area contributed by atoms with Crippen molar-refractivity contribution in [2.24, 2.45) is 0 Å². The van der Waals surface area contributed by atoms with Crippen LogP contribution in [-0.4, -0.2) is 118 Å². The number of aliphatic hydroxyl groups is 1. The first kappa shape index (κ1) is 28.0. The van der Waals surface area contributed by atoms with Crippen molar-refractivity contribution in [3.05, 3.63) is 11.9 Å². The molecule has 0 radical (unpaired) electrons. The minimum atomic E-state index is -0.517. The van der Waals surface area contributed by atoms with Crippen LogP contribution in [0.1, 0.15) is 5.69 Å². The summed E-state index contributed by atoms with van der Waals surface area (Å²) < 4.78 is 33.6. The maximum atomic E-state index is 10.8. The van der Waals surface area contributed by atoms with Crippen LogP contribution >= 0.6 is 0 Å². The third kappa shape index (κ3) is 16.7. The molecular weight excluding hydrogens is 428 g/mol. The lowest BCUT2D eigenvalue weighted by atomic mass is 10.5. The van der Waals surface area contributed by atoms with E-state index in [-0.39, 0.29) is 6.54 Å². The highest BCUT2D eigenvalue weighted by molar-refractivity contribution is 5.76. The van der Waals surface area contributed by atoms with Gasteiger partial charge >= 0.3 is 0 Å². The second-order valence-corrected chi connectivity index (χ2v) is 6.22. The summed E-state index contributed by atoms with van der Waals surface area (Å²) in [4.78, 5) is 21.1. The zero-order chi connectivity index (χ0) is 23.1. The maximum absolute atomic E-state index is 10.8. The second kappa shape index (κ2) is 20.9. The van der Waals surface area contributed by atoms with Gasteiger partial charge < -0.3 is 43.6 Å². The second-order valence-electron chi connectivity index (χ2n) is 6.22. The Bertz CT molecular complexity index is 589. The van der Waals surface area contributed by atoms with E-state index in [2.05, 4.69) is 15.6 Å². The van der Waals surface area contributed by atoms with E-state index in [9.17, 15) is 9.59 Å². The number of nitrogens with zero attached hydrogens (tertiary/aromatic N) is 3. The molecule has 1 aromatic rings. The van der Waals surface area contributed by atoms with Gasteiger partial charge in [0.15, 0.2) is 0 Å². The van der Waals surface area contributed by atoms with Gasteiger partial charge in [-0.25, -0.2) is 4.68 Å². The van der Waals surface area contributed by atoms with Crippen LogP contribution in [0.15, 0.2) is 6.20 Å². The van der Waals surface area contributed by atoms with E-state index in [1.165, 1.54) is 4.68 Å². The summed E-state index contributed by atoms with van der Waals surface area (Å²) in [6, 6.07) is 0. The van der Waals surface area contributed by atoms with E-state index in [1.807, 2.05) is 0 Å². The fourth-order valence-electron chi connectivity index (χ4n) is 2.17. The molecule has 0 saturated heterocycles. The Morgan fingerprint density at radius 2 is 1.38 bits per heavy atom. The van der Waals surface area contributed by atoms with Gasteiger partial charge in [0.05, 0.1) is 92.0 Å². The van der Waals surface area contributed by atoms with Gasteiger partial charge in [0.1, 0.15) is 18.6 Å². The first-order valence-electron chi connectivity index (χ1n) is 10.4. The monoisotopic (exact) mass is 462 g/mol. The fraction of sp³-hybridized carbons (Fsp3) is 0.789. The normalized spacial score (nSPS) is 11.0. The van der Waals surface area contributed by atoms with Crippen LogP contribution in [0.25, 0.3) is 0 Å². The summed E-state index contributed by atoms with van der Waals surface area (Å²) in [5.41, 5.74) is 0.663. The summed E-state index contributed by atoms with van der Waals surface area (Å²) in [6.45, 7) is 5.24. The number of rotatable bonds is 23. The van der Waals surface area contributed by atoms with Crippen molar-refractivity contribution in [2.75, 3.05) is 85.8 Å². The Balaban J connectivity index is 1.71. The molecule has 1 aromatic heterocycles. The highest BCUT2D eigenvalue weighted by atomic mass is 16.6. The Hall–Kier alpha value is -2.00. The number of carbonyl (C=O) groups is 2. The van der Waals surface area contributed by atoms with Gasteiger partial charge in [0, 0.05) is 6.54 Å². The quantitative estimate of drug-likeness (QED) is 0.140. The first-order valence-corrected chi connectivity index (χ1v) is 10.4. The zero-order valence-corrected chi connectivity index (χ0v) is 18.3. The molecule has 0 aliphatic rings. The van der Waals surface area contributed by atoms with E-state index < -0.39 is 12.5 Å². The van der Waals surface area contributed by atoms with E-state index in [0.717, 1.165) is 6.29 Å². The van der Waals surface area contributed by atoms with Crippen LogP contribution in [0.2, 0.25) is 0 Å². The van der Waals surface area contributed by atoms with E-state index in [1.54, 1.807) is 6.20 Å². The molecule has 0 spiro atoms. The number of nitrogens with one attached hydrogen (secondary N) is 1. The number of aldehydes is 1. The molecule has 0 saturated carbocycles.